The van der Waals surface area contributed by atoms with Crippen LogP contribution in [0.2, 0.25) is 0 Å². The molecule has 4 heteroatoms. The number of carbonyl (C=O) groups excluding carboxylic acids is 1. The van der Waals surface area contributed by atoms with Gasteiger partial charge in [-0.2, -0.15) is 0 Å². The first-order chi connectivity index (χ1) is 9.02. The Morgan fingerprint density at radius 2 is 2.05 bits per heavy atom. The Hall–Kier alpha value is -1.81. The van der Waals surface area contributed by atoms with Crippen LogP contribution in [0.5, 0.6) is 5.75 Å². The fraction of sp³-hybridized carbons (Fsp3) is 0.133. The summed E-state index contributed by atoms with van der Waals surface area (Å²) in [7, 11) is 1.61. The van der Waals surface area contributed by atoms with Gasteiger partial charge in [-0.3, -0.25) is 4.79 Å². The molecule has 0 bridgehead atoms. The molecule has 0 spiro atoms. The van der Waals surface area contributed by atoms with Crippen LogP contribution in [0.15, 0.2) is 40.9 Å². The number of aliphatic hydroxyl groups is 1. The number of methoxy groups -OCH3 is 1. The lowest BCUT2D eigenvalue weighted by Crippen LogP contribution is -1.90. The van der Waals surface area contributed by atoms with E-state index in [-0.39, 0.29) is 11.5 Å². The number of rotatable bonds is 3. The van der Waals surface area contributed by atoms with Gasteiger partial charge >= 0.3 is 0 Å². The minimum atomic E-state index is -0.187. The monoisotopic (exact) mass is 320 g/mol. The Bertz CT molecular complexity index is 674. The van der Waals surface area contributed by atoms with E-state index in [2.05, 4.69) is 15.9 Å². The highest BCUT2D eigenvalue weighted by Gasteiger charge is 2.07. The number of aliphatic hydroxyl groups excluding tert-OH is 1. The summed E-state index contributed by atoms with van der Waals surface area (Å²) in [5.41, 5.74) is 0.611. The molecule has 0 amide bonds. The van der Waals surface area contributed by atoms with Crippen LogP contribution in [0, 0.1) is 0 Å². The first-order valence-electron chi connectivity index (χ1n) is 5.71. The summed E-state index contributed by atoms with van der Waals surface area (Å²) >= 11 is 3.49. The molecule has 0 aliphatic heterocycles. The summed E-state index contributed by atoms with van der Waals surface area (Å²) in [4.78, 5) is 11.0. The van der Waals surface area contributed by atoms with Gasteiger partial charge in [0.2, 0.25) is 0 Å². The third-order valence-electron chi connectivity index (χ3n) is 2.77. The van der Waals surface area contributed by atoms with Gasteiger partial charge < -0.3 is 9.84 Å². The van der Waals surface area contributed by atoms with Crippen molar-refractivity contribution in [3.8, 4) is 5.75 Å². The maximum atomic E-state index is 11.0. The number of fused-ring (bicyclic) bond motifs is 1. The van der Waals surface area contributed by atoms with E-state index in [9.17, 15) is 9.90 Å². The third-order valence-corrected chi connectivity index (χ3v) is 3.59. The van der Waals surface area contributed by atoms with E-state index < -0.39 is 0 Å². The van der Waals surface area contributed by atoms with Crippen molar-refractivity contribution in [3.05, 3.63) is 46.4 Å². The Labute approximate surface area is 119 Å². The van der Waals surface area contributed by atoms with Crippen LogP contribution >= 0.6 is 15.9 Å². The van der Waals surface area contributed by atoms with Crippen LogP contribution in [0.4, 0.5) is 0 Å². The second-order valence-electron chi connectivity index (χ2n) is 4.16. The largest absolute Gasteiger partial charge is 0.507 e. The number of allylic oxidation sites excluding steroid dienone is 1. The predicted molar refractivity (Wildman–Crippen MR) is 79.5 cm³/mol. The number of ether oxygens (including phenoxy) is 1. The molecule has 0 saturated carbocycles. The van der Waals surface area contributed by atoms with Gasteiger partial charge in [-0.05, 0) is 45.8 Å². The van der Waals surface area contributed by atoms with E-state index >= 15 is 0 Å². The van der Waals surface area contributed by atoms with Crippen LogP contribution in [0.25, 0.3) is 16.5 Å². The molecule has 0 aliphatic carbocycles. The summed E-state index contributed by atoms with van der Waals surface area (Å²) in [5.74, 6) is 0.540. The maximum Gasteiger partial charge on any atom is 0.156 e. The summed E-state index contributed by atoms with van der Waals surface area (Å²) in [6.45, 7) is 1.40. The van der Waals surface area contributed by atoms with Gasteiger partial charge in [0.1, 0.15) is 11.5 Å². The lowest BCUT2D eigenvalue weighted by molar-refractivity contribution is -0.112. The van der Waals surface area contributed by atoms with Gasteiger partial charge in [-0.25, -0.2) is 0 Å². The van der Waals surface area contributed by atoms with Crippen molar-refractivity contribution in [3.63, 3.8) is 0 Å². The quantitative estimate of drug-likeness (QED) is 0.684. The van der Waals surface area contributed by atoms with Crippen LogP contribution in [0.3, 0.4) is 0 Å². The van der Waals surface area contributed by atoms with Crippen molar-refractivity contribution in [2.75, 3.05) is 7.11 Å². The van der Waals surface area contributed by atoms with Gasteiger partial charge in [-0.15, -0.1) is 0 Å². The van der Waals surface area contributed by atoms with E-state index in [4.69, 9.17) is 4.74 Å². The topological polar surface area (TPSA) is 46.5 Å². The van der Waals surface area contributed by atoms with Crippen molar-refractivity contribution in [1.82, 2.24) is 0 Å². The second kappa shape index (κ2) is 5.45. The van der Waals surface area contributed by atoms with E-state index in [1.807, 2.05) is 24.3 Å². The van der Waals surface area contributed by atoms with E-state index in [1.54, 1.807) is 13.2 Å². The van der Waals surface area contributed by atoms with Crippen molar-refractivity contribution < 1.29 is 14.6 Å². The summed E-state index contributed by atoms with van der Waals surface area (Å²) in [6.07, 6.45) is 1.21. The molecule has 0 aliphatic rings. The average Bonchev–Trinajstić information content (AvgIpc) is 2.38. The Kier molecular flexibility index (Phi) is 3.90. The lowest BCUT2D eigenvalue weighted by atomic mass is 10.0. The lowest BCUT2D eigenvalue weighted by Gasteiger charge is -2.08. The molecular weight excluding hydrogens is 308 g/mol. The van der Waals surface area contributed by atoms with E-state index in [0.29, 0.717) is 5.56 Å². The number of halogens is 1. The predicted octanol–water partition coefficient (Wildman–Crippen LogP) is 4.10. The maximum absolute atomic E-state index is 11.0. The van der Waals surface area contributed by atoms with Crippen LogP contribution in [-0.2, 0) is 4.79 Å². The number of hydrogen-bond acceptors (Lipinski definition) is 3. The molecule has 0 radical (unpaired) electrons. The number of carbonyl (C=O) groups is 1. The van der Waals surface area contributed by atoms with Gasteiger partial charge in [0.05, 0.1) is 11.6 Å². The van der Waals surface area contributed by atoms with Crippen LogP contribution < -0.4 is 4.74 Å². The minimum Gasteiger partial charge on any atom is -0.507 e. The van der Waals surface area contributed by atoms with Gasteiger partial charge in [0.15, 0.2) is 5.78 Å². The Balaban J connectivity index is 2.57. The molecule has 0 atom stereocenters. The number of hydrogen-bond donors (Lipinski definition) is 1. The zero-order valence-corrected chi connectivity index (χ0v) is 12.2. The first-order valence-corrected chi connectivity index (χ1v) is 6.50. The van der Waals surface area contributed by atoms with Gasteiger partial charge in [0.25, 0.3) is 0 Å². The van der Waals surface area contributed by atoms with Gasteiger partial charge in [0, 0.05) is 11.6 Å². The van der Waals surface area contributed by atoms with Crippen molar-refractivity contribution in [2.24, 2.45) is 0 Å². The molecule has 98 valence electrons. The average molecular weight is 321 g/mol. The smallest absolute Gasteiger partial charge is 0.156 e. The molecule has 2 rings (SSSR count). The Morgan fingerprint density at radius 1 is 1.32 bits per heavy atom. The molecule has 19 heavy (non-hydrogen) atoms. The molecule has 1 N–H and O–H groups in total. The minimum absolute atomic E-state index is 0.0265. The molecule has 0 fully saturated rings. The number of ketones is 1. The second-order valence-corrected chi connectivity index (χ2v) is 4.95. The molecule has 2 aromatic carbocycles. The zero-order valence-electron chi connectivity index (χ0n) is 10.6. The standard InChI is InChI=1S/C15H13BrO3/c1-9(17)7-13(18)11-3-5-12-10(8-11)4-6-14(19-2)15(12)16/h3-8,18H,1-2H3/b13-7+. The molecular formula is C15H13BrO3. The zero-order chi connectivity index (χ0) is 14.0. The first kappa shape index (κ1) is 13.6. The van der Waals surface area contributed by atoms with Gasteiger partial charge in [-0.1, -0.05) is 18.2 Å². The molecule has 0 unspecified atom stereocenters. The SMILES string of the molecule is COc1ccc2cc(/C(O)=C\C(C)=O)ccc2c1Br. The molecule has 3 nitrogen and oxygen atoms in total. The fourth-order valence-electron chi connectivity index (χ4n) is 1.86. The van der Waals surface area contributed by atoms with E-state index in [0.717, 1.165) is 21.0 Å². The summed E-state index contributed by atoms with van der Waals surface area (Å²) in [5, 5.41) is 11.8. The normalized spacial score (nSPS) is 11.6. The molecule has 0 saturated heterocycles. The van der Waals surface area contributed by atoms with Crippen LogP contribution in [0.1, 0.15) is 12.5 Å². The summed E-state index contributed by atoms with van der Waals surface area (Å²) < 4.78 is 6.10. The fourth-order valence-corrected chi connectivity index (χ4v) is 2.52. The molecule has 2 aromatic rings. The molecule has 0 aromatic heterocycles. The van der Waals surface area contributed by atoms with Crippen molar-refractivity contribution in [1.29, 1.82) is 0 Å². The molecule has 0 heterocycles. The highest BCUT2D eigenvalue weighted by Crippen LogP contribution is 2.34. The third kappa shape index (κ3) is 2.79. The van der Waals surface area contributed by atoms with Crippen molar-refractivity contribution >= 4 is 38.2 Å². The van der Waals surface area contributed by atoms with Crippen LogP contribution in [-0.4, -0.2) is 18.0 Å². The highest BCUT2D eigenvalue weighted by atomic mass is 79.9. The van der Waals surface area contributed by atoms with Crippen molar-refractivity contribution in [2.45, 2.75) is 6.92 Å². The summed E-state index contributed by atoms with van der Waals surface area (Å²) in [6, 6.07) is 9.22. The number of benzene rings is 2. The Morgan fingerprint density at radius 3 is 2.68 bits per heavy atom. The van der Waals surface area contributed by atoms with E-state index in [1.165, 1.54) is 13.0 Å². The highest BCUT2D eigenvalue weighted by molar-refractivity contribution is 9.10.